The highest BCUT2D eigenvalue weighted by Gasteiger charge is 2.18. The van der Waals surface area contributed by atoms with Crippen LogP contribution in [0.1, 0.15) is 51.4 Å². The molecule has 4 heteroatoms. The van der Waals surface area contributed by atoms with Gasteiger partial charge in [-0.1, -0.05) is 12.2 Å². The van der Waals surface area contributed by atoms with E-state index in [1.54, 1.807) is 0 Å². The molecule has 2 rings (SSSR count). The molecule has 114 valence electrons. The molecule has 1 atom stereocenters. The first kappa shape index (κ1) is 15.5. The molecule has 4 nitrogen and oxygen atoms in total. The summed E-state index contributed by atoms with van der Waals surface area (Å²) < 4.78 is 5.83. The molecule has 20 heavy (non-hydrogen) atoms. The lowest BCUT2D eigenvalue weighted by Gasteiger charge is -2.26. The number of rotatable bonds is 7. The molecule has 0 heterocycles. The van der Waals surface area contributed by atoms with Gasteiger partial charge in [-0.05, 0) is 50.9 Å². The van der Waals surface area contributed by atoms with Crippen LogP contribution in [0, 0.1) is 5.92 Å². The SMILES string of the molecule is NC1CCC(OCCCNC(=O)CC2C=CCC2)CC1. The average molecular weight is 280 g/mol. The van der Waals surface area contributed by atoms with Crippen LogP contribution >= 0.6 is 0 Å². The van der Waals surface area contributed by atoms with Gasteiger partial charge in [-0.15, -0.1) is 0 Å². The summed E-state index contributed by atoms with van der Waals surface area (Å²) >= 11 is 0. The third-order valence-electron chi connectivity index (χ3n) is 4.28. The van der Waals surface area contributed by atoms with E-state index in [9.17, 15) is 4.79 Å². The molecule has 2 aliphatic carbocycles. The predicted octanol–water partition coefficient (Wildman–Crippen LogP) is 2.14. The molecule has 0 saturated heterocycles. The Morgan fingerprint density at radius 1 is 1.25 bits per heavy atom. The molecule has 3 N–H and O–H groups in total. The quantitative estimate of drug-likeness (QED) is 0.554. The molecule has 1 amide bonds. The monoisotopic (exact) mass is 280 g/mol. The van der Waals surface area contributed by atoms with Gasteiger partial charge < -0.3 is 15.8 Å². The lowest BCUT2D eigenvalue weighted by atomic mass is 9.94. The van der Waals surface area contributed by atoms with E-state index < -0.39 is 0 Å². The number of carbonyl (C=O) groups excluding carboxylic acids is 1. The zero-order valence-corrected chi connectivity index (χ0v) is 12.4. The highest BCUT2D eigenvalue weighted by atomic mass is 16.5. The van der Waals surface area contributed by atoms with Crippen molar-refractivity contribution in [2.45, 2.75) is 63.5 Å². The van der Waals surface area contributed by atoms with E-state index in [2.05, 4.69) is 17.5 Å². The standard InChI is InChI=1S/C16H28N2O2/c17-14-6-8-15(9-7-14)20-11-3-10-18-16(19)12-13-4-1-2-5-13/h1,4,13-15H,2-3,5-12,17H2,(H,18,19). The zero-order chi connectivity index (χ0) is 14.2. The highest BCUT2D eigenvalue weighted by Crippen LogP contribution is 2.20. The smallest absolute Gasteiger partial charge is 0.220 e. The fourth-order valence-electron chi connectivity index (χ4n) is 2.98. The molecule has 0 bridgehead atoms. The minimum Gasteiger partial charge on any atom is -0.378 e. The summed E-state index contributed by atoms with van der Waals surface area (Å²) in [6.45, 7) is 1.46. The maximum Gasteiger partial charge on any atom is 0.220 e. The number of hydrogen-bond acceptors (Lipinski definition) is 3. The second-order valence-corrected chi connectivity index (χ2v) is 6.08. The van der Waals surface area contributed by atoms with Crippen molar-refractivity contribution in [1.82, 2.24) is 5.32 Å². The third-order valence-corrected chi connectivity index (χ3v) is 4.28. The van der Waals surface area contributed by atoms with E-state index in [0.29, 0.717) is 24.5 Å². The van der Waals surface area contributed by atoms with Crippen molar-refractivity contribution < 1.29 is 9.53 Å². The number of nitrogens with one attached hydrogen (secondary N) is 1. The second kappa shape index (κ2) is 8.42. The molecule has 1 fully saturated rings. The van der Waals surface area contributed by atoms with Crippen molar-refractivity contribution in [3.8, 4) is 0 Å². The van der Waals surface area contributed by atoms with Crippen molar-refractivity contribution >= 4 is 5.91 Å². The Morgan fingerprint density at radius 3 is 2.75 bits per heavy atom. The molecule has 0 aromatic rings. The lowest BCUT2D eigenvalue weighted by Crippen LogP contribution is -2.31. The van der Waals surface area contributed by atoms with Crippen LogP contribution < -0.4 is 11.1 Å². The number of allylic oxidation sites excluding steroid dienone is 2. The van der Waals surface area contributed by atoms with Crippen molar-refractivity contribution in [3.05, 3.63) is 12.2 Å². The first-order chi connectivity index (χ1) is 9.74. The summed E-state index contributed by atoms with van der Waals surface area (Å²) in [7, 11) is 0. The fourth-order valence-corrected chi connectivity index (χ4v) is 2.98. The van der Waals surface area contributed by atoms with Gasteiger partial charge in [0.2, 0.25) is 5.91 Å². The molecule has 0 radical (unpaired) electrons. The molecule has 0 aromatic carbocycles. The minimum absolute atomic E-state index is 0.171. The molecular formula is C16H28N2O2. The maximum absolute atomic E-state index is 11.7. The zero-order valence-electron chi connectivity index (χ0n) is 12.4. The summed E-state index contributed by atoms with van der Waals surface area (Å²) in [6.07, 6.45) is 12.8. The molecule has 2 aliphatic rings. The van der Waals surface area contributed by atoms with Crippen molar-refractivity contribution in [1.29, 1.82) is 0 Å². The largest absolute Gasteiger partial charge is 0.378 e. The van der Waals surface area contributed by atoms with Gasteiger partial charge in [0.15, 0.2) is 0 Å². The number of ether oxygens (including phenoxy) is 1. The minimum atomic E-state index is 0.171. The van der Waals surface area contributed by atoms with Crippen LogP contribution in [0.15, 0.2) is 12.2 Å². The Bertz CT molecular complexity index is 322. The summed E-state index contributed by atoms with van der Waals surface area (Å²) in [5.74, 6) is 0.628. The Kier molecular flexibility index (Phi) is 6.54. The molecular weight excluding hydrogens is 252 g/mol. The molecule has 0 aromatic heterocycles. The first-order valence-electron chi connectivity index (χ1n) is 8.04. The third kappa shape index (κ3) is 5.63. The van der Waals surface area contributed by atoms with Gasteiger partial charge in [-0.2, -0.15) is 0 Å². The Labute approximate surface area is 122 Å². The van der Waals surface area contributed by atoms with E-state index in [0.717, 1.165) is 58.1 Å². The number of carbonyl (C=O) groups is 1. The van der Waals surface area contributed by atoms with Crippen molar-refractivity contribution in [2.24, 2.45) is 11.7 Å². The van der Waals surface area contributed by atoms with Gasteiger partial charge in [0.1, 0.15) is 0 Å². The van der Waals surface area contributed by atoms with E-state index in [-0.39, 0.29) is 5.91 Å². The molecule has 1 unspecified atom stereocenters. The van der Waals surface area contributed by atoms with Crippen LogP contribution in [0.3, 0.4) is 0 Å². The highest BCUT2D eigenvalue weighted by molar-refractivity contribution is 5.76. The molecule has 0 aliphatic heterocycles. The Hall–Kier alpha value is -0.870. The van der Waals surface area contributed by atoms with Crippen molar-refractivity contribution in [3.63, 3.8) is 0 Å². The van der Waals surface area contributed by atoms with Gasteiger partial charge >= 0.3 is 0 Å². The van der Waals surface area contributed by atoms with Gasteiger partial charge in [-0.25, -0.2) is 0 Å². The van der Waals surface area contributed by atoms with Crippen LogP contribution in [0.2, 0.25) is 0 Å². The Balaban J connectivity index is 1.45. The van der Waals surface area contributed by atoms with Gasteiger partial charge in [-0.3, -0.25) is 4.79 Å². The first-order valence-corrected chi connectivity index (χ1v) is 8.04. The van der Waals surface area contributed by atoms with Crippen LogP contribution in [-0.4, -0.2) is 31.2 Å². The average Bonchev–Trinajstić information content (AvgIpc) is 2.93. The lowest BCUT2D eigenvalue weighted by molar-refractivity contribution is -0.121. The van der Waals surface area contributed by atoms with Crippen LogP contribution in [-0.2, 0) is 9.53 Å². The van der Waals surface area contributed by atoms with Crippen LogP contribution in [0.4, 0.5) is 0 Å². The van der Waals surface area contributed by atoms with E-state index in [1.807, 2.05) is 0 Å². The van der Waals surface area contributed by atoms with Gasteiger partial charge in [0, 0.05) is 25.6 Å². The van der Waals surface area contributed by atoms with Crippen LogP contribution in [0.25, 0.3) is 0 Å². The molecule has 1 saturated carbocycles. The van der Waals surface area contributed by atoms with E-state index in [1.165, 1.54) is 0 Å². The summed E-state index contributed by atoms with van der Waals surface area (Å²) in [4.78, 5) is 11.7. The Morgan fingerprint density at radius 2 is 2.05 bits per heavy atom. The van der Waals surface area contributed by atoms with Crippen LogP contribution in [0.5, 0.6) is 0 Å². The second-order valence-electron chi connectivity index (χ2n) is 6.08. The van der Waals surface area contributed by atoms with E-state index >= 15 is 0 Å². The van der Waals surface area contributed by atoms with Crippen molar-refractivity contribution in [2.75, 3.05) is 13.2 Å². The fraction of sp³-hybridized carbons (Fsp3) is 0.812. The summed E-state index contributed by atoms with van der Waals surface area (Å²) in [6, 6.07) is 0.374. The topological polar surface area (TPSA) is 64.3 Å². The number of amides is 1. The maximum atomic E-state index is 11.7. The molecule has 0 spiro atoms. The summed E-state index contributed by atoms with van der Waals surface area (Å²) in [5, 5.41) is 2.98. The van der Waals surface area contributed by atoms with E-state index in [4.69, 9.17) is 10.5 Å². The number of hydrogen-bond donors (Lipinski definition) is 2. The number of nitrogens with two attached hydrogens (primary N) is 1. The normalized spacial score (nSPS) is 29.6. The van der Waals surface area contributed by atoms with Gasteiger partial charge in [0.25, 0.3) is 0 Å². The summed E-state index contributed by atoms with van der Waals surface area (Å²) in [5.41, 5.74) is 5.87. The van der Waals surface area contributed by atoms with Gasteiger partial charge in [0.05, 0.1) is 6.10 Å². The predicted molar refractivity (Wildman–Crippen MR) is 80.3 cm³/mol.